The lowest BCUT2D eigenvalue weighted by Crippen LogP contribution is -2.11. The van der Waals surface area contributed by atoms with Gasteiger partial charge in [-0.25, -0.2) is 4.68 Å². The molecule has 1 aromatic heterocycles. The first-order chi connectivity index (χ1) is 4.93. The molecule has 5 heteroatoms. The fraction of sp³-hybridized carbons (Fsp3) is 0.800. The van der Waals surface area contributed by atoms with E-state index < -0.39 is 0 Å². The van der Waals surface area contributed by atoms with Crippen LogP contribution < -0.4 is 5.32 Å². The van der Waals surface area contributed by atoms with Gasteiger partial charge in [0.15, 0.2) is 0 Å². The molecule has 0 aromatic carbocycles. The molecule has 0 saturated carbocycles. The fourth-order valence-electron chi connectivity index (χ4n) is 0.701. The Morgan fingerprint density at radius 2 is 2.50 bits per heavy atom. The van der Waals surface area contributed by atoms with E-state index in [4.69, 9.17) is 0 Å². The highest BCUT2D eigenvalue weighted by Gasteiger charge is 1.89. The minimum Gasteiger partial charge on any atom is -0.320 e. The van der Waals surface area contributed by atoms with Gasteiger partial charge in [-0.2, -0.15) is 0 Å². The molecule has 1 rings (SSSR count). The second-order valence-electron chi connectivity index (χ2n) is 2.03. The van der Waals surface area contributed by atoms with Gasteiger partial charge in [0.2, 0.25) is 0 Å². The van der Waals surface area contributed by atoms with Crippen molar-refractivity contribution in [1.29, 1.82) is 0 Å². The molecular formula is C5H11N5. The van der Waals surface area contributed by atoms with Crippen LogP contribution in [0.15, 0.2) is 6.33 Å². The molecule has 10 heavy (non-hydrogen) atoms. The largest absolute Gasteiger partial charge is 0.320 e. The predicted octanol–water partition coefficient (Wildman–Crippen LogP) is -0.717. The normalized spacial score (nSPS) is 10.1. The van der Waals surface area contributed by atoms with Crippen molar-refractivity contribution in [3.63, 3.8) is 0 Å². The van der Waals surface area contributed by atoms with Crippen LogP contribution in [0.5, 0.6) is 0 Å². The molecule has 0 radical (unpaired) electrons. The zero-order valence-electron chi connectivity index (χ0n) is 5.99. The molecule has 0 amide bonds. The molecule has 0 aliphatic heterocycles. The van der Waals surface area contributed by atoms with Crippen LogP contribution >= 0.6 is 0 Å². The lowest BCUT2D eigenvalue weighted by Gasteiger charge is -1.96. The quantitative estimate of drug-likeness (QED) is 0.562. The third-order valence-corrected chi connectivity index (χ3v) is 1.21. The lowest BCUT2D eigenvalue weighted by atomic mass is 10.4. The van der Waals surface area contributed by atoms with Crippen LogP contribution in [0, 0.1) is 0 Å². The standard InChI is InChI=1S/C5H11N5/c1-6-3-2-4-10-5-7-8-9-10/h5-6H,2-4H2,1H3. The molecule has 0 aliphatic rings. The first-order valence-electron chi connectivity index (χ1n) is 3.29. The third kappa shape index (κ3) is 2.10. The molecule has 0 saturated heterocycles. The maximum atomic E-state index is 3.72. The smallest absolute Gasteiger partial charge is 0.138 e. The summed E-state index contributed by atoms with van der Waals surface area (Å²) in [6, 6.07) is 0. The van der Waals surface area contributed by atoms with E-state index >= 15 is 0 Å². The number of aromatic nitrogens is 4. The zero-order valence-corrected chi connectivity index (χ0v) is 5.99. The average Bonchev–Trinajstić information content (AvgIpc) is 2.41. The number of tetrazole rings is 1. The topological polar surface area (TPSA) is 55.6 Å². The minimum atomic E-state index is 0.883. The van der Waals surface area contributed by atoms with E-state index in [2.05, 4.69) is 20.8 Å². The van der Waals surface area contributed by atoms with Gasteiger partial charge in [0, 0.05) is 6.54 Å². The summed E-state index contributed by atoms with van der Waals surface area (Å²) >= 11 is 0. The zero-order chi connectivity index (χ0) is 7.23. The van der Waals surface area contributed by atoms with Crippen LogP contribution in [0.4, 0.5) is 0 Å². The summed E-state index contributed by atoms with van der Waals surface area (Å²) in [6.45, 7) is 1.88. The maximum Gasteiger partial charge on any atom is 0.138 e. The summed E-state index contributed by atoms with van der Waals surface area (Å²) in [5.41, 5.74) is 0. The first kappa shape index (κ1) is 7.14. The Balaban J connectivity index is 2.15. The monoisotopic (exact) mass is 141 g/mol. The van der Waals surface area contributed by atoms with E-state index in [9.17, 15) is 0 Å². The van der Waals surface area contributed by atoms with Gasteiger partial charge in [-0.15, -0.1) is 5.10 Å². The number of hydrogen-bond donors (Lipinski definition) is 1. The molecule has 0 unspecified atom stereocenters. The summed E-state index contributed by atoms with van der Waals surface area (Å²) in [7, 11) is 1.93. The summed E-state index contributed by atoms with van der Waals surface area (Å²) in [6.07, 6.45) is 2.68. The number of rotatable bonds is 4. The Morgan fingerprint density at radius 1 is 1.60 bits per heavy atom. The summed E-state index contributed by atoms with van der Waals surface area (Å²) in [5.74, 6) is 0. The van der Waals surface area contributed by atoms with Gasteiger partial charge < -0.3 is 5.32 Å². The predicted molar refractivity (Wildman–Crippen MR) is 36.4 cm³/mol. The minimum absolute atomic E-state index is 0.883. The van der Waals surface area contributed by atoms with Crippen LogP contribution in [0.1, 0.15) is 6.42 Å². The van der Waals surface area contributed by atoms with Crippen molar-refractivity contribution < 1.29 is 0 Å². The van der Waals surface area contributed by atoms with E-state index in [1.54, 1.807) is 11.0 Å². The number of nitrogens with zero attached hydrogens (tertiary/aromatic N) is 4. The van der Waals surface area contributed by atoms with Crippen LogP contribution in [-0.2, 0) is 6.54 Å². The number of aryl methyl sites for hydroxylation is 1. The molecule has 0 aliphatic carbocycles. The highest BCUT2D eigenvalue weighted by atomic mass is 15.5. The van der Waals surface area contributed by atoms with Crippen molar-refractivity contribution in [1.82, 2.24) is 25.5 Å². The Bertz CT molecular complexity index is 159. The molecule has 1 aromatic rings. The molecule has 56 valence electrons. The third-order valence-electron chi connectivity index (χ3n) is 1.21. The van der Waals surface area contributed by atoms with Crippen LogP contribution in [0.3, 0.4) is 0 Å². The van der Waals surface area contributed by atoms with Crippen molar-refractivity contribution in [2.45, 2.75) is 13.0 Å². The van der Waals surface area contributed by atoms with Gasteiger partial charge in [-0.1, -0.05) is 0 Å². The van der Waals surface area contributed by atoms with E-state index in [0.717, 1.165) is 19.5 Å². The first-order valence-corrected chi connectivity index (χ1v) is 3.29. The van der Waals surface area contributed by atoms with Crippen molar-refractivity contribution in [3.8, 4) is 0 Å². The average molecular weight is 141 g/mol. The SMILES string of the molecule is CNCCCn1cnnn1. The second kappa shape index (κ2) is 3.94. The Morgan fingerprint density at radius 3 is 3.10 bits per heavy atom. The van der Waals surface area contributed by atoms with Crippen LogP contribution in [0.25, 0.3) is 0 Å². The molecule has 0 fully saturated rings. The highest BCUT2D eigenvalue weighted by Crippen LogP contribution is 1.82. The lowest BCUT2D eigenvalue weighted by molar-refractivity contribution is 0.545. The van der Waals surface area contributed by atoms with Crippen molar-refractivity contribution in [2.75, 3.05) is 13.6 Å². The molecule has 0 atom stereocenters. The molecule has 1 heterocycles. The number of nitrogens with one attached hydrogen (secondary N) is 1. The molecule has 0 bridgehead atoms. The van der Waals surface area contributed by atoms with Crippen LogP contribution in [-0.4, -0.2) is 33.8 Å². The van der Waals surface area contributed by atoms with E-state index in [1.807, 2.05) is 7.05 Å². The van der Waals surface area contributed by atoms with Gasteiger partial charge in [-0.3, -0.25) is 0 Å². The Kier molecular flexibility index (Phi) is 2.82. The summed E-state index contributed by atoms with van der Waals surface area (Å²) in [5, 5.41) is 13.8. The van der Waals surface area contributed by atoms with Gasteiger partial charge in [0.05, 0.1) is 0 Å². The molecule has 5 nitrogen and oxygen atoms in total. The van der Waals surface area contributed by atoms with Crippen molar-refractivity contribution in [2.24, 2.45) is 0 Å². The van der Waals surface area contributed by atoms with Crippen molar-refractivity contribution in [3.05, 3.63) is 6.33 Å². The molecule has 0 spiro atoms. The Hall–Kier alpha value is -0.970. The van der Waals surface area contributed by atoms with Crippen LogP contribution in [0.2, 0.25) is 0 Å². The Labute approximate surface area is 59.4 Å². The summed E-state index contributed by atoms with van der Waals surface area (Å²) < 4.78 is 1.72. The van der Waals surface area contributed by atoms with E-state index in [1.165, 1.54) is 0 Å². The van der Waals surface area contributed by atoms with E-state index in [-0.39, 0.29) is 0 Å². The highest BCUT2D eigenvalue weighted by molar-refractivity contribution is 4.47. The van der Waals surface area contributed by atoms with Gasteiger partial charge in [0.1, 0.15) is 6.33 Å². The van der Waals surface area contributed by atoms with Crippen molar-refractivity contribution >= 4 is 0 Å². The van der Waals surface area contributed by atoms with E-state index in [0.29, 0.717) is 0 Å². The second-order valence-corrected chi connectivity index (χ2v) is 2.03. The van der Waals surface area contributed by atoms with Gasteiger partial charge in [-0.05, 0) is 30.4 Å². The van der Waals surface area contributed by atoms with Gasteiger partial charge >= 0.3 is 0 Å². The molecule has 1 N–H and O–H groups in total. The summed E-state index contributed by atoms with van der Waals surface area (Å²) in [4.78, 5) is 0. The van der Waals surface area contributed by atoms with Gasteiger partial charge in [0.25, 0.3) is 0 Å². The maximum absolute atomic E-state index is 3.72. The fourth-order valence-corrected chi connectivity index (χ4v) is 0.701. The molecular weight excluding hydrogens is 130 g/mol. The number of hydrogen-bond acceptors (Lipinski definition) is 4.